The lowest BCUT2D eigenvalue weighted by Gasteiger charge is -2.52. The molecule has 6 rings (SSSR count). The third-order valence-electron chi connectivity index (χ3n) is 11.9. The number of piperidine rings is 1. The summed E-state index contributed by atoms with van der Waals surface area (Å²) in [7, 11) is 4.40. The van der Waals surface area contributed by atoms with Crippen LogP contribution in [0.2, 0.25) is 0 Å². The SMILES string of the molecule is CC1=C2CC3C(CCC4CC(=O)CCC43C)C2CCC2(C1)CC1C(CC(C)CN1CCN(C)C)O2. The Labute approximate surface area is 214 Å². The topological polar surface area (TPSA) is 32.8 Å². The molecule has 4 aliphatic carbocycles. The monoisotopic (exact) mass is 482 g/mol. The predicted molar refractivity (Wildman–Crippen MR) is 141 cm³/mol. The maximum atomic E-state index is 12.2. The van der Waals surface area contributed by atoms with Gasteiger partial charge in [-0.3, -0.25) is 9.69 Å². The van der Waals surface area contributed by atoms with Crippen LogP contribution in [-0.2, 0) is 9.53 Å². The second-order valence-corrected chi connectivity index (χ2v) is 14.4. The lowest BCUT2D eigenvalue weighted by Crippen LogP contribution is -2.50. The first-order chi connectivity index (χ1) is 16.7. The molecular formula is C31H50N2O2. The van der Waals surface area contributed by atoms with Crippen LogP contribution >= 0.6 is 0 Å². The molecule has 0 N–H and O–H groups in total. The fourth-order valence-electron chi connectivity index (χ4n) is 10.1. The fourth-order valence-corrected chi connectivity index (χ4v) is 10.1. The van der Waals surface area contributed by atoms with E-state index in [1.165, 1.54) is 64.5 Å². The summed E-state index contributed by atoms with van der Waals surface area (Å²) in [5.41, 5.74) is 3.98. The number of allylic oxidation sites excluding steroid dienone is 1. The summed E-state index contributed by atoms with van der Waals surface area (Å²) in [6.45, 7) is 11.0. The molecule has 9 unspecified atom stereocenters. The molecule has 1 spiro atoms. The summed E-state index contributed by atoms with van der Waals surface area (Å²) >= 11 is 0. The number of Topliss-reactive ketones (excluding diaryl/α,β-unsaturated/α-hetero) is 1. The zero-order valence-electron chi connectivity index (χ0n) is 23.2. The van der Waals surface area contributed by atoms with Gasteiger partial charge < -0.3 is 9.64 Å². The van der Waals surface area contributed by atoms with Crippen LogP contribution in [0.25, 0.3) is 0 Å². The Hall–Kier alpha value is -0.710. The Morgan fingerprint density at radius 3 is 2.77 bits per heavy atom. The number of hydrogen-bond donors (Lipinski definition) is 0. The van der Waals surface area contributed by atoms with Crippen molar-refractivity contribution in [3.63, 3.8) is 0 Å². The van der Waals surface area contributed by atoms with Gasteiger partial charge in [0, 0.05) is 38.5 Å². The molecule has 4 heteroatoms. The van der Waals surface area contributed by atoms with Crippen LogP contribution in [0.15, 0.2) is 11.1 Å². The highest BCUT2D eigenvalue weighted by Gasteiger charge is 2.58. The molecule has 5 fully saturated rings. The quantitative estimate of drug-likeness (QED) is 0.483. The van der Waals surface area contributed by atoms with Gasteiger partial charge in [-0.25, -0.2) is 0 Å². The minimum Gasteiger partial charge on any atom is -0.370 e. The second kappa shape index (κ2) is 8.95. The average molecular weight is 483 g/mol. The summed E-state index contributed by atoms with van der Waals surface area (Å²) in [4.78, 5) is 17.4. The van der Waals surface area contributed by atoms with E-state index in [0.717, 1.165) is 49.5 Å². The maximum absolute atomic E-state index is 12.2. The van der Waals surface area contributed by atoms with Crippen molar-refractivity contribution in [1.82, 2.24) is 9.80 Å². The van der Waals surface area contributed by atoms with Gasteiger partial charge in [-0.15, -0.1) is 0 Å². The van der Waals surface area contributed by atoms with Gasteiger partial charge in [0.25, 0.3) is 0 Å². The lowest BCUT2D eigenvalue weighted by atomic mass is 9.52. The minimum absolute atomic E-state index is 0.0744. The molecule has 0 aromatic heterocycles. The molecule has 2 heterocycles. The first-order valence-corrected chi connectivity index (χ1v) is 14.9. The van der Waals surface area contributed by atoms with E-state index in [2.05, 4.69) is 44.7 Å². The van der Waals surface area contributed by atoms with E-state index in [1.807, 2.05) is 5.57 Å². The zero-order valence-corrected chi connectivity index (χ0v) is 23.2. The van der Waals surface area contributed by atoms with Crippen molar-refractivity contribution in [3.05, 3.63) is 11.1 Å². The van der Waals surface area contributed by atoms with Gasteiger partial charge in [-0.2, -0.15) is 0 Å². The number of nitrogens with zero attached hydrogens (tertiary/aromatic N) is 2. The number of hydrogen-bond acceptors (Lipinski definition) is 4. The summed E-state index contributed by atoms with van der Waals surface area (Å²) in [6.07, 6.45) is 13.5. The third-order valence-corrected chi connectivity index (χ3v) is 11.9. The smallest absolute Gasteiger partial charge is 0.133 e. The highest BCUT2D eigenvalue weighted by molar-refractivity contribution is 5.79. The first-order valence-electron chi connectivity index (χ1n) is 14.9. The molecule has 0 bridgehead atoms. The summed E-state index contributed by atoms with van der Waals surface area (Å²) in [6, 6.07) is 0.615. The molecule has 35 heavy (non-hydrogen) atoms. The van der Waals surface area contributed by atoms with Crippen LogP contribution in [0.5, 0.6) is 0 Å². The molecule has 0 aromatic carbocycles. The summed E-state index contributed by atoms with van der Waals surface area (Å²) in [5.74, 6) is 4.36. The van der Waals surface area contributed by atoms with Crippen molar-refractivity contribution in [3.8, 4) is 0 Å². The van der Waals surface area contributed by atoms with E-state index in [9.17, 15) is 4.79 Å². The molecule has 2 aliphatic heterocycles. The Kier molecular flexibility index (Phi) is 6.29. The number of ketones is 1. The molecule has 4 nitrogen and oxygen atoms in total. The van der Waals surface area contributed by atoms with Crippen molar-refractivity contribution < 1.29 is 9.53 Å². The normalized spacial score (nSPS) is 48.1. The number of carbonyl (C=O) groups excluding carboxylic acids is 1. The van der Waals surface area contributed by atoms with Gasteiger partial charge in [0.05, 0.1) is 11.7 Å². The fraction of sp³-hybridized carbons (Fsp3) is 0.903. The molecule has 2 saturated heterocycles. The number of likely N-dealkylation sites (tertiary alicyclic amines) is 1. The number of carbonyl (C=O) groups is 1. The highest BCUT2D eigenvalue weighted by Crippen LogP contribution is 2.64. The largest absolute Gasteiger partial charge is 0.370 e. The van der Waals surface area contributed by atoms with Crippen molar-refractivity contribution >= 4 is 5.78 Å². The molecule has 0 radical (unpaired) electrons. The highest BCUT2D eigenvalue weighted by atomic mass is 16.5. The number of likely N-dealkylation sites (N-methyl/N-ethyl adjacent to an activating group) is 1. The zero-order chi connectivity index (χ0) is 24.5. The van der Waals surface area contributed by atoms with Crippen LogP contribution in [-0.4, -0.2) is 67.1 Å². The molecule has 196 valence electrons. The molecule has 6 aliphatic rings. The molecule has 3 saturated carbocycles. The van der Waals surface area contributed by atoms with E-state index in [4.69, 9.17) is 4.74 Å². The Balaban J connectivity index is 1.22. The van der Waals surface area contributed by atoms with Crippen LogP contribution in [0, 0.1) is 35.0 Å². The minimum atomic E-state index is 0.0744. The van der Waals surface area contributed by atoms with Crippen LogP contribution in [0.4, 0.5) is 0 Å². The number of fused-ring (bicyclic) bond motifs is 6. The van der Waals surface area contributed by atoms with Crippen molar-refractivity contribution in [2.75, 3.05) is 33.7 Å². The predicted octanol–water partition coefficient (Wildman–Crippen LogP) is 5.71. The van der Waals surface area contributed by atoms with Gasteiger partial charge in [-0.05, 0) is 114 Å². The summed E-state index contributed by atoms with van der Waals surface area (Å²) < 4.78 is 7.14. The van der Waals surface area contributed by atoms with Gasteiger partial charge >= 0.3 is 0 Å². The number of rotatable bonds is 3. The van der Waals surface area contributed by atoms with Gasteiger partial charge in [0.2, 0.25) is 0 Å². The van der Waals surface area contributed by atoms with E-state index in [-0.39, 0.29) is 5.60 Å². The Bertz CT molecular complexity index is 881. The molecular weight excluding hydrogens is 432 g/mol. The average Bonchev–Trinajstić information content (AvgIpc) is 3.32. The van der Waals surface area contributed by atoms with Crippen molar-refractivity contribution in [2.45, 2.75) is 109 Å². The van der Waals surface area contributed by atoms with E-state index in [1.54, 1.807) is 5.57 Å². The third kappa shape index (κ3) is 4.18. The maximum Gasteiger partial charge on any atom is 0.133 e. The molecule has 0 amide bonds. The number of ether oxygens (including phenoxy) is 1. The Morgan fingerprint density at radius 1 is 1.14 bits per heavy atom. The van der Waals surface area contributed by atoms with Crippen molar-refractivity contribution in [1.29, 1.82) is 0 Å². The lowest BCUT2D eigenvalue weighted by molar-refractivity contribution is -0.129. The standard InChI is InChI=1S/C31H50N2O2/c1-20-14-29-28(33(19-20)13-12-32(4)5)18-31(35-29)11-9-24-25-7-6-22-15-23(34)8-10-30(22,3)27(25)16-26(24)21(2)17-31/h20,22,24-25,27-29H,6-19H2,1-5H3. The summed E-state index contributed by atoms with van der Waals surface area (Å²) in [5, 5.41) is 0. The van der Waals surface area contributed by atoms with Crippen LogP contribution in [0.3, 0.4) is 0 Å². The van der Waals surface area contributed by atoms with Gasteiger partial charge in [0.15, 0.2) is 0 Å². The second-order valence-electron chi connectivity index (χ2n) is 14.4. The first kappa shape index (κ1) is 24.6. The molecule has 0 aromatic rings. The molecule has 9 atom stereocenters. The Morgan fingerprint density at radius 2 is 1.97 bits per heavy atom. The van der Waals surface area contributed by atoms with Crippen molar-refractivity contribution in [2.24, 2.45) is 35.0 Å². The van der Waals surface area contributed by atoms with Gasteiger partial charge in [-0.1, -0.05) is 25.0 Å². The van der Waals surface area contributed by atoms with E-state index < -0.39 is 0 Å². The van der Waals surface area contributed by atoms with Crippen LogP contribution < -0.4 is 0 Å². The van der Waals surface area contributed by atoms with Crippen LogP contribution in [0.1, 0.15) is 91.4 Å². The van der Waals surface area contributed by atoms with Gasteiger partial charge in [0.1, 0.15) is 5.78 Å². The van der Waals surface area contributed by atoms with E-state index >= 15 is 0 Å². The van der Waals surface area contributed by atoms with E-state index in [0.29, 0.717) is 29.3 Å².